The van der Waals surface area contributed by atoms with Crippen LogP contribution in [-0.4, -0.2) is 95.7 Å². The van der Waals surface area contributed by atoms with E-state index in [1.165, 1.54) is 25.7 Å². The van der Waals surface area contributed by atoms with Crippen molar-refractivity contribution in [2.45, 2.75) is 131 Å². The van der Waals surface area contributed by atoms with Gasteiger partial charge in [-0.25, -0.2) is 9.59 Å². The fraction of sp³-hybridized carbons (Fsp3) is 0.938. The van der Waals surface area contributed by atoms with Gasteiger partial charge in [0.2, 0.25) is 0 Å². The number of carbonyl (C=O) groups excluding carboxylic acids is 2. The molecule has 0 saturated carbocycles. The summed E-state index contributed by atoms with van der Waals surface area (Å²) in [5.74, 6) is 0. The van der Waals surface area contributed by atoms with Crippen LogP contribution in [0.5, 0.6) is 0 Å². The van der Waals surface area contributed by atoms with Gasteiger partial charge in [0.15, 0.2) is 0 Å². The Bertz CT molecular complexity index is 632. The first-order valence-corrected chi connectivity index (χ1v) is 21.9. The number of ether oxygens (including phenoxy) is 2. The van der Waals surface area contributed by atoms with Crippen molar-refractivity contribution < 1.29 is 45.6 Å². The lowest BCUT2D eigenvalue weighted by Gasteiger charge is -2.28. The van der Waals surface area contributed by atoms with Gasteiger partial charge in [-0.05, 0) is 67.2 Å². The van der Waals surface area contributed by atoms with E-state index in [9.17, 15) is 9.59 Å². The zero-order valence-corrected chi connectivity index (χ0v) is 32.1. The van der Waals surface area contributed by atoms with Crippen LogP contribution < -0.4 is 10.6 Å². The highest BCUT2D eigenvalue weighted by molar-refractivity contribution is 6.61. The van der Waals surface area contributed by atoms with Gasteiger partial charge in [-0.2, -0.15) is 0 Å². The summed E-state index contributed by atoms with van der Waals surface area (Å²) in [7, 11) is -5.33. The van der Waals surface area contributed by atoms with E-state index in [1.807, 2.05) is 41.5 Å². The van der Waals surface area contributed by atoms with Crippen molar-refractivity contribution in [1.29, 1.82) is 0 Å². The second-order valence-corrected chi connectivity index (χ2v) is 16.3. The van der Waals surface area contributed by atoms with E-state index in [0.29, 0.717) is 78.0 Å². The fourth-order valence-electron chi connectivity index (χ4n) is 5.04. The topological polar surface area (TPSA) is 132 Å². The maximum absolute atomic E-state index is 12.0. The van der Waals surface area contributed by atoms with Crippen LogP contribution in [0.2, 0.25) is 12.1 Å². The first-order chi connectivity index (χ1) is 22.4. The third-order valence-electron chi connectivity index (χ3n) is 7.05. The van der Waals surface area contributed by atoms with Crippen LogP contribution in [-0.2, 0) is 36.0 Å². The molecular weight excluding hydrogens is 629 g/mol. The van der Waals surface area contributed by atoms with Crippen molar-refractivity contribution in [1.82, 2.24) is 10.6 Å². The molecule has 0 atom stereocenters. The van der Waals surface area contributed by atoms with Gasteiger partial charge in [0.1, 0.15) is 0 Å². The molecule has 12 nitrogen and oxygen atoms in total. The molecule has 0 aliphatic heterocycles. The maximum Gasteiger partial charge on any atom is 0.500 e. The number of nitrogens with one attached hydrogen (secondary N) is 2. The van der Waals surface area contributed by atoms with Crippen LogP contribution in [0.15, 0.2) is 0 Å². The Balaban J connectivity index is 3.65. The smallest absolute Gasteiger partial charge is 0.450 e. The Hall–Kier alpha value is -1.27. The molecule has 0 unspecified atom stereocenters. The number of carbonyl (C=O) groups is 2. The Morgan fingerprint density at radius 2 is 0.674 bits per heavy atom. The molecule has 2 N–H and O–H groups in total. The molecule has 14 heteroatoms. The summed E-state index contributed by atoms with van der Waals surface area (Å²) in [6, 6.07) is 1.33. The van der Waals surface area contributed by atoms with Crippen LogP contribution in [0.4, 0.5) is 9.59 Å². The van der Waals surface area contributed by atoms with Crippen molar-refractivity contribution in [3.05, 3.63) is 0 Å². The van der Waals surface area contributed by atoms with E-state index in [0.717, 1.165) is 51.4 Å². The fourth-order valence-corrected chi connectivity index (χ4v) is 10.3. The summed E-state index contributed by atoms with van der Waals surface area (Å²) in [6.45, 7) is 16.8. The number of hydrogen-bond acceptors (Lipinski definition) is 10. The molecule has 46 heavy (non-hydrogen) atoms. The van der Waals surface area contributed by atoms with Crippen molar-refractivity contribution in [2.75, 3.05) is 65.9 Å². The summed E-state index contributed by atoms with van der Waals surface area (Å²) in [5, 5.41) is 5.62. The van der Waals surface area contributed by atoms with E-state index >= 15 is 0 Å². The molecule has 0 bridgehead atoms. The van der Waals surface area contributed by atoms with Gasteiger partial charge in [-0.15, -0.1) is 0 Å². The van der Waals surface area contributed by atoms with Crippen molar-refractivity contribution in [2.24, 2.45) is 0 Å². The molecule has 0 aromatic carbocycles. The van der Waals surface area contributed by atoms with Crippen LogP contribution in [0.1, 0.15) is 119 Å². The summed E-state index contributed by atoms with van der Waals surface area (Å²) >= 11 is 0. The molecule has 0 saturated heterocycles. The van der Waals surface area contributed by atoms with Crippen LogP contribution in [0.3, 0.4) is 0 Å². The largest absolute Gasteiger partial charge is 0.500 e. The molecule has 0 aromatic heterocycles. The van der Waals surface area contributed by atoms with E-state index in [1.54, 1.807) is 0 Å². The van der Waals surface area contributed by atoms with Gasteiger partial charge in [-0.1, -0.05) is 51.4 Å². The maximum atomic E-state index is 12.0. The van der Waals surface area contributed by atoms with Crippen molar-refractivity contribution >= 4 is 29.8 Å². The zero-order chi connectivity index (χ0) is 34.2. The van der Waals surface area contributed by atoms with Crippen LogP contribution in [0, 0.1) is 0 Å². The van der Waals surface area contributed by atoms with Gasteiger partial charge < -0.3 is 46.7 Å². The Kier molecular flexibility index (Phi) is 30.2. The molecule has 0 rings (SSSR count). The standard InChI is InChI=1S/C32H68N2O10Si2/c1-7-39-45(40-8-2,41-9-3)29-23-25-33-31(35)37-27-21-19-17-15-13-14-16-18-20-22-28-38-32(36)34-26-24-30-46(42-10-4,43-11-5)44-12-6/h7-30H2,1-6H3,(H,33,35)(H,34,36). The lowest BCUT2D eigenvalue weighted by molar-refractivity contribution is 0.0699. The SMILES string of the molecule is CCO[Si](CCCNC(=O)OCCCCCCCCCCCCOC(=O)NCCC[Si](OCC)(OCC)OCC)(OCC)OCC. The number of alkyl carbamates (subject to hydrolysis) is 2. The minimum absolute atomic E-state index is 0.371. The number of unbranched alkanes of at least 4 members (excludes halogenated alkanes) is 9. The predicted molar refractivity (Wildman–Crippen MR) is 185 cm³/mol. The number of amides is 2. The third-order valence-corrected chi connectivity index (χ3v) is 13.4. The van der Waals surface area contributed by atoms with Gasteiger partial charge >= 0.3 is 29.8 Å². The summed E-state index contributed by atoms with van der Waals surface area (Å²) in [5.41, 5.74) is 0. The molecule has 0 aromatic rings. The van der Waals surface area contributed by atoms with Gasteiger partial charge in [0.25, 0.3) is 0 Å². The lowest BCUT2D eigenvalue weighted by Crippen LogP contribution is -2.46. The molecule has 0 spiro atoms. The molecule has 2 amide bonds. The highest BCUT2D eigenvalue weighted by Crippen LogP contribution is 2.19. The van der Waals surface area contributed by atoms with Gasteiger partial charge in [0.05, 0.1) is 13.2 Å². The van der Waals surface area contributed by atoms with E-state index < -0.39 is 17.6 Å². The third kappa shape index (κ3) is 24.0. The second kappa shape index (κ2) is 31.0. The molecule has 274 valence electrons. The highest BCUT2D eigenvalue weighted by Gasteiger charge is 2.40. The van der Waals surface area contributed by atoms with E-state index in [-0.39, 0.29) is 12.2 Å². The molecule has 0 heterocycles. The van der Waals surface area contributed by atoms with Crippen LogP contribution >= 0.6 is 0 Å². The predicted octanol–water partition coefficient (Wildman–Crippen LogP) is 7.22. The molecule has 0 fully saturated rings. The average molecular weight is 697 g/mol. The first kappa shape index (κ1) is 44.7. The minimum Gasteiger partial charge on any atom is -0.450 e. The second-order valence-electron chi connectivity index (χ2n) is 10.8. The zero-order valence-electron chi connectivity index (χ0n) is 30.1. The Morgan fingerprint density at radius 3 is 0.935 bits per heavy atom. The summed E-state index contributed by atoms with van der Waals surface area (Å²) in [6.07, 6.45) is 11.7. The Labute approximate surface area is 282 Å². The summed E-state index contributed by atoms with van der Waals surface area (Å²) in [4.78, 5) is 23.9. The van der Waals surface area contributed by atoms with E-state index in [4.69, 9.17) is 36.0 Å². The summed E-state index contributed by atoms with van der Waals surface area (Å²) < 4.78 is 45.6. The van der Waals surface area contributed by atoms with E-state index in [2.05, 4.69) is 10.6 Å². The quantitative estimate of drug-likeness (QED) is 0.0536. The number of rotatable bonds is 33. The van der Waals surface area contributed by atoms with Gasteiger partial charge in [-0.3, -0.25) is 0 Å². The molecule has 0 aliphatic carbocycles. The normalized spacial score (nSPS) is 11.9. The lowest BCUT2D eigenvalue weighted by atomic mass is 10.1. The highest BCUT2D eigenvalue weighted by atomic mass is 28.4. The first-order valence-electron chi connectivity index (χ1n) is 18.0. The van der Waals surface area contributed by atoms with Crippen molar-refractivity contribution in [3.63, 3.8) is 0 Å². The monoisotopic (exact) mass is 696 g/mol. The molecule has 0 radical (unpaired) electrons. The molecular formula is C32H68N2O10Si2. The van der Waals surface area contributed by atoms with Gasteiger partial charge in [0, 0.05) is 64.8 Å². The Morgan fingerprint density at radius 1 is 0.413 bits per heavy atom. The average Bonchev–Trinajstić information content (AvgIpc) is 3.02. The number of hydrogen-bond donors (Lipinski definition) is 2. The minimum atomic E-state index is -2.66. The molecule has 0 aliphatic rings. The van der Waals surface area contributed by atoms with Crippen LogP contribution in [0.25, 0.3) is 0 Å². The van der Waals surface area contributed by atoms with Crippen molar-refractivity contribution in [3.8, 4) is 0 Å².